The van der Waals surface area contributed by atoms with Gasteiger partial charge in [-0.3, -0.25) is 14.7 Å². The number of aromatic nitrogens is 3. The van der Waals surface area contributed by atoms with Crippen LogP contribution in [0.3, 0.4) is 0 Å². The van der Waals surface area contributed by atoms with Crippen molar-refractivity contribution in [2.24, 2.45) is 0 Å². The fourth-order valence-electron chi connectivity index (χ4n) is 2.82. The van der Waals surface area contributed by atoms with E-state index in [0.29, 0.717) is 23.3 Å². The predicted molar refractivity (Wildman–Crippen MR) is 110 cm³/mol. The molecule has 0 saturated carbocycles. The molecule has 3 aromatic rings. The Hall–Kier alpha value is -3.13. The summed E-state index contributed by atoms with van der Waals surface area (Å²) in [5, 5.41) is 20.4. The molecule has 1 heterocycles. The number of nitrogens with zero attached hydrogens (tertiary/aromatic N) is 4. The summed E-state index contributed by atoms with van der Waals surface area (Å²) >= 11 is 1.49. The number of allylic oxidation sites excluding steroid dienone is 1. The maximum Gasteiger partial charge on any atom is 0.269 e. The maximum atomic E-state index is 11.0. The van der Waals surface area contributed by atoms with Crippen LogP contribution in [0.4, 0.5) is 5.69 Å². The fourth-order valence-corrected chi connectivity index (χ4v) is 3.79. The third kappa shape index (κ3) is 4.07. The number of thioether (sulfide) groups is 1. The van der Waals surface area contributed by atoms with E-state index in [1.165, 1.54) is 17.8 Å². The topological polar surface area (TPSA) is 83.1 Å². The van der Waals surface area contributed by atoms with E-state index in [2.05, 4.69) is 16.8 Å². The van der Waals surface area contributed by atoms with Crippen LogP contribution in [-0.2, 0) is 6.54 Å². The van der Waals surface area contributed by atoms with E-state index in [4.69, 9.17) is 4.74 Å². The zero-order valence-electron chi connectivity index (χ0n) is 15.6. The smallest absolute Gasteiger partial charge is 0.269 e. The van der Waals surface area contributed by atoms with Crippen molar-refractivity contribution in [2.75, 3.05) is 7.11 Å². The standard InChI is InChI=1S/C20H20N4O3S/c1-4-12-23-19(17-10-5-6-11-18(17)27-3)21-22-20(23)28-14(2)15-8-7-9-16(13-15)24(25)26/h4-11,13-14H,1,12H2,2-3H3. The molecular weight excluding hydrogens is 376 g/mol. The van der Waals surface area contributed by atoms with Gasteiger partial charge in [0.1, 0.15) is 5.75 Å². The van der Waals surface area contributed by atoms with Crippen LogP contribution in [0.15, 0.2) is 66.3 Å². The molecule has 0 bridgehead atoms. The second-order valence-electron chi connectivity index (χ2n) is 6.02. The van der Waals surface area contributed by atoms with Crippen molar-refractivity contribution in [1.29, 1.82) is 0 Å². The third-order valence-corrected chi connectivity index (χ3v) is 5.35. The molecule has 28 heavy (non-hydrogen) atoms. The highest BCUT2D eigenvalue weighted by atomic mass is 32.2. The number of hydrogen-bond acceptors (Lipinski definition) is 6. The highest BCUT2D eigenvalue weighted by Gasteiger charge is 2.20. The largest absolute Gasteiger partial charge is 0.496 e. The van der Waals surface area contributed by atoms with Crippen LogP contribution in [-0.4, -0.2) is 26.8 Å². The molecule has 0 saturated heterocycles. The average Bonchev–Trinajstić information content (AvgIpc) is 3.10. The number of benzene rings is 2. The second kappa shape index (κ2) is 8.71. The zero-order chi connectivity index (χ0) is 20.1. The van der Waals surface area contributed by atoms with Gasteiger partial charge >= 0.3 is 0 Å². The van der Waals surface area contributed by atoms with Gasteiger partial charge in [0.2, 0.25) is 0 Å². The maximum absolute atomic E-state index is 11.0. The molecule has 3 rings (SSSR count). The number of non-ortho nitro benzene ring substituents is 1. The van der Waals surface area contributed by atoms with Gasteiger partial charge in [-0.05, 0) is 24.6 Å². The molecule has 8 heteroatoms. The molecule has 0 N–H and O–H groups in total. The first-order valence-corrected chi connectivity index (χ1v) is 9.51. The Kier molecular flexibility index (Phi) is 6.10. The normalized spacial score (nSPS) is 11.8. The molecule has 0 fully saturated rings. The Morgan fingerprint density at radius 1 is 1.29 bits per heavy atom. The highest BCUT2D eigenvalue weighted by molar-refractivity contribution is 7.99. The Morgan fingerprint density at radius 3 is 2.79 bits per heavy atom. The van der Waals surface area contributed by atoms with Crippen molar-refractivity contribution in [1.82, 2.24) is 14.8 Å². The zero-order valence-corrected chi connectivity index (χ0v) is 16.4. The van der Waals surface area contributed by atoms with Crippen LogP contribution >= 0.6 is 11.8 Å². The van der Waals surface area contributed by atoms with Gasteiger partial charge in [0.05, 0.1) is 17.6 Å². The van der Waals surface area contributed by atoms with Crippen LogP contribution in [0.1, 0.15) is 17.7 Å². The Bertz CT molecular complexity index is 1000. The summed E-state index contributed by atoms with van der Waals surface area (Å²) in [6.07, 6.45) is 1.78. The third-order valence-electron chi connectivity index (χ3n) is 4.21. The highest BCUT2D eigenvalue weighted by Crippen LogP contribution is 2.37. The summed E-state index contributed by atoms with van der Waals surface area (Å²) in [4.78, 5) is 10.7. The fraction of sp³-hybridized carbons (Fsp3) is 0.200. The molecule has 1 atom stereocenters. The molecule has 1 aromatic heterocycles. The van der Waals surface area contributed by atoms with Gasteiger partial charge < -0.3 is 4.74 Å². The number of ether oxygens (including phenoxy) is 1. The van der Waals surface area contributed by atoms with Crippen molar-refractivity contribution in [3.8, 4) is 17.1 Å². The van der Waals surface area contributed by atoms with E-state index < -0.39 is 0 Å². The second-order valence-corrected chi connectivity index (χ2v) is 7.33. The molecule has 7 nitrogen and oxygen atoms in total. The number of rotatable bonds is 8. The lowest BCUT2D eigenvalue weighted by Crippen LogP contribution is -2.02. The van der Waals surface area contributed by atoms with Gasteiger partial charge in [0.25, 0.3) is 5.69 Å². The summed E-state index contributed by atoms with van der Waals surface area (Å²) in [5.41, 5.74) is 1.77. The minimum atomic E-state index is -0.388. The Labute approximate surface area is 167 Å². The molecule has 0 amide bonds. The number of hydrogen-bond donors (Lipinski definition) is 0. The summed E-state index contributed by atoms with van der Waals surface area (Å²) in [7, 11) is 1.62. The Morgan fingerprint density at radius 2 is 2.07 bits per heavy atom. The molecule has 0 aliphatic carbocycles. The van der Waals surface area contributed by atoms with Crippen molar-refractivity contribution in [2.45, 2.75) is 23.9 Å². The van der Waals surface area contributed by atoms with Crippen molar-refractivity contribution < 1.29 is 9.66 Å². The van der Waals surface area contributed by atoms with Gasteiger partial charge in [-0.15, -0.1) is 16.8 Å². The van der Waals surface area contributed by atoms with Crippen molar-refractivity contribution in [3.05, 3.63) is 76.9 Å². The molecule has 0 radical (unpaired) electrons. The lowest BCUT2D eigenvalue weighted by molar-refractivity contribution is -0.384. The van der Waals surface area contributed by atoms with Crippen LogP contribution in [0.25, 0.3) is 11.4 Å². The summed E-state index contributed by atoms with van der Waals surface area (Å²) < 4.78 is 7.41. The van der Waals surface area contributed by atoms with Crippen LogP contribution in [0, 0.1) is 10.1 Å². The van der Waals surface area contributed by atoms with Crippen molar-refractivity contribution >= 4 is 17.4 Å². The van der Waals surface area contributed by atoms with E-state index in [1.54, 1.807) is 25.3 Å². The number of nitro benzene ring substituents is 1. The SMILES string of the molecule is C=CCn1c(SC(C)c2cccc([N+](=O)[O-])c2)nnc1-c1ccccc1OC. The van der Waals surface area contributed by atoms with E-state index in [1.807, 2.05) is 41.8 Å². The van der Waals surface area contributed by atoms with E-state index in [9.17, 15) is 10.1 Å². The molecule has 0 spiro atoms. The van der Waals surface area contributed by atoms with E-state index >= 15 is 0 Å². The van der Waals surface area contributed by atoms with Gasteiger partial charge in [-0.2, -0.15) is 0 Å². The first-order valence-electron chi connectivity index (χ1n) is 8.63. The van der Waals surface area contributed by atoms with Crippen molar-refractivity contribution in [3.63, 3.8) is 0 Å². The minimum absolute atomic E-state index is 0.0433. The lowest BCUT2D eigenvalue weighted by Gasteiger charge is -2.13. The molecule has 0 aliphatic rings. The number of nitro groups is 1. The number of methoxy groups -OCH3 is 1. The van der Waals surface area contributed by atoms with E-state index in [0.717, 1.165) is 11.1 Å². The summed E-state index contributed by atoms with van der Waals surface area (Å²) in [6.45, 7) is 6.35. The van der Waals surface area contributed by atoms with E-state index in [-0.39, 0.29) is 15.9 Å². The molecule has 2 aromatic carbocycles. The first-order chi connectivity index (χ1) is 13.5. The van der Waals surface area contributed by atoms with Crippen LogP contribution in [0.2, 0.25) is 0 Å². The van der Waals surface area contributed by atoms with Gasteiger partial charge in [0.15, 0.2) is 11.0 Å². The van der Waals surface area contributed by atoms with Gasteiger partial charge in [0, 0.05) is 23.9 Å². The number of para-hydroxylation sites is 1. The monoisotopic (exact) mass is 396 g/mol. The molecular formula is C20H20N4O3S. The first kappa shape index (κ1) is 19.6. The molecule has 1 unspecified atom stereocenters. The summed E-state index contributed by atoms with van der Waals surface area (Å²) in [6, 6.07) is 14.3. The minimum Gasteiger partial charge on any atom is -0.496 e. The van der Waals surface area contributed by atoms with Crippen LogP contribution in [0.5, 0.6) is 5.75 Å². The molecule has 0 aliphatic heterocycles. The van der Waals surface area contributed by atoms with Gasteiger partial charge in [-0.25, -0.2) is 0 Å². The Balaban J connectivity index is 1.94. The summed E-state index contributed by atoms with van der Waals surface area (Å²) in [5.74, 6) is 1.40. The lowest BCUT2D eigenvalue weighted by atomic mass is 10.1. The van der Waals surface area contributed by atoms with Crippen LogP contribution < -0.4 is 4.74 Å². The predicted octanol–water partition coefficient (Wildman–Crippen LogP) is 4.90. The molecule has 144 valence electrons. The average molecular weight is 396 g/mol. The van der Waals surface area contributed by atoms with Gasteiger partial charge in [-0.1, -0.05) is 42.1 Å². The quantitative estimate of drug-likeness (QED) is 0.233.